The zero-order valence-corrected chi connectivity index (χ0v) is 10.6. The Morgan fingerprint density at radius 3 is 2.89 bits per heavy atom. The minimum absolute atomic E-state index is 0.295. The highest BCUT2D eigenvalue weighted by Crippen LogP contribution is 2.15. The molecule has 0 fully saturated rings. The lowest BCUT2D eigenvalue weighted by molar-refractivity contribution is 0.0697. The van der Waals surface area contributed by atoms with Gasteiger partial charge in [-0.15, -0.1) is 0 Å². The van der Waals surface area contributed by atoms with Crippen molar-refractivity contribution in [3.05, 3.63) is 29.6 Å². The van der Waals surface area contributed by atoms with Gasteiger partial charge in [-0.3, -0.25) is 0 Å². The smallest absolute Gasteiger partial charge is 0.335 e. The second-order valence-corrected chi connectivity index (χ2v) is 4.53. The van der Waals surface area contributed by atoms with Crippen LogP contribution in [0.15, 0.2) is 18.2 Å². The number of carboxylic acids is 1. The number of hydrogen-bond donors (Lipinski definition) is 2. The first-order valence-corrected chi connectivity index (χ1v) is 6.42. The Morgan fingerprint density at radius 2 is 2.17 bits per heavy atom. The van der Waals surface area contributed by atoms with E-state index < -0.39 is 5.97 Å². The van der Waals surface area contributed by atoms with E-state index in [-0.39, 0.29) is 0 Å². The lowest BCUT2D eigenvalue weighted by Gasteiger charge is -1.95. The molecule has 0 aliphatic rings. The van der Waals surface area contributed by atoms with Crippen molar-refractivity contribution in [2.24, 2.45) is 0 Å². The van der Waals surface area contributed by atoms with Crippen LogP contribution in [0, 0.1) is 0 Å². The minimum atomic E-state index is -0.906. The molecule has 2 N–H and O–H groups in total. The number of unbranched alkanes of at least 4 members (excludes halogenated alkanes) is 3. The number of benzene rings is 1. The first kappa shape index (κ1) is 12.6. The van der Waals surface area contributed by atoms with Crippen molar-refractivity contribution < 1.29 is 9.90 Å². The van der Waals surface area contributed by atoms with Gasteiger partial charge < -0.3 is 10.1 Å². The number of carbonyl (C=O) groups is 1. The molecule has 2 rings (SSSR count). The van der Waals surface area contributed by atoms with Gasteiger partial charge in [0.15, 0.2) is 0 Å². The topological polar surface area (TPSA) is 66.0 Å². The van der Waals surface area contributed by atoms with Crippen LogP contribution in [0.1, 0.15) is 48.8 Å². The van der Waals surface area contributed by atoms with Crippen molar-refractivity contribution in [1.82, 2.24) is 9.97 Å². The molecule has 1 aromatic heterocycles. The van der Waals surface area contributed by atoms with Gasteiger partial charge in [0.25, 0.3) is 0 Å². The number of nitrogens with one attached hydrogen (secondary N) is 1. The van der Waals surface area contributed by atoms with Crippen LogP contribution in [0.4, 0.5) is 0 Å². The molecule has 1 aromatic carbocycles. The number of rotatable bonds is 6. The van der Waals surface area contributed by atoms with Gasteiger partial charge in [-0.05, 0) is 24.6 Å². The molecule has 4 heteroatoms. The second kappa shape index (κ2) is 5.67. The first-order chi connectivity index (χ1) is 8.70. The summed E-state index contributed by atoms with van der Waals surface area (Å²) in [5.41, 5.74) is 1.94. The fraction of sp³-hybridized carbons (Fsp3) is 0.429. The summed E-state index contributed by atoms with van der Waals surface area (Å²) >= 11 is 0. The molecular weight excluding hydrogens is 228 g/mol. The molecule has 0 aliphatic carbocycles. The maximum Gasteiger partial charge on any atom is 0.335 e. The van der Waals surface area contributed by atoms with Crippen LogP contribution in [0.3, 0.4) is 0 Å². The van der Waals surface area contributed by atoms with Gasteiger partial charge in [-0.2, -0.15) is 0 Å². The average molecular weight is 246 g/mol. The number of aromatic nitrogens is 2. The zero-order chi connectivity index (χ0) is 13.0. The number of aromatic amines is 1. The fourth-order valence-corrected chi connectivity index (χ4v) is 2.03. The molecule has 4 nitrogen and oxygen atoms in total. The highest BCUT2D eigenvalue weighted by molar-refractivity contribution is 5.92. The fourth-order valence-electron chi connectivity index (χ4n) is 2.03. The van der Waals surface area contributed by atoms with E-state index in [1.807, 2.05) is 0 Å². The van der Waals surface area contributed by atoms with Crippen LogP contribution in [0.5, 0.6) is 0 Å². The van der Waals surface area contributed by atoms with Crippen LogP contribution in [0.2, 0.25) is 0 Å². The van der Waals surface area contributed by atoms with Crippen molar-refractivity contribution >= 4 is 17.0 Å². The zero-order valence-electron chi connectivity index (χ0n) is 10.6. The van der Waals surface area contributed by atoms with Crippen molar-refractivity contribution in [1.29, 1.82) is 0 Å². The van der Waals surface area contributed by atoms with E-state index >= 15 is 0 Å². The lowest BCUT2D eigenvalue weighted by Crippen LogP contribution is -1.94. The Morgan fingerprint density at radius 1 is 1.33 bits per heavy atom. The van der Waals surface area contributed by atoms with Crippen molar-refractivity contribution in [3.63, 3.8) is 0 Å². The van der Waals surface area contributed by atoms with Crippen LogP contribution < -0.4 is 0 Å². The second-order valence-electron chi connectivity index (χ2n) is 4.53. The minimum Gasteiger partial charge on any atom is -0.478 e. The van der Waals surface area contributed by atoms with E-state index in [1.165, 1.54) is 19.3 Å². The Balaban J connectivity index is 2.09. The molecule has 96 valence electrons. The van der Waals surface area contributed by atoms with Gasteiger partial charge in [-0.25, -0.2) is 9.78 Å². The third kappa shape index (κ3) is 2.88. The Kier molecular flexibility index (Phi) is 3.97. The van der Waals surface area contributed by atoms with E-state index in [9.17, 15) is 4.79 Å². The van der Waals surface area contributed by atoms with E-state index in [4.69, 9.17) is 5.11 Å². The molecule has 2 aromatic rings. The highest BCUT2D eigenvalue weighted by Gasteiger charge is 2.07. The molecular formula is C14H18N2O2. The molecule has 0 saturated heterocycles. The number of fused-ring (bicyclic) bond motifs is 1. The maximum atomic E-state index is 10.9. The van der Waals surface area contributed by atoms with Gasteiger partial charge in [0.1, 0.15) is 5.82 Å². The highest BCUT2D eigenvalue weighted by atomic mass is 16.4. The van der Waals surface area contributed by atoms with Crippen LogP contribution in [0.25, 0.3) is 11.0 Å². The molecule has 0 amide bonds. The average Bonchev–Trinajstić information content (AvgIpc) is 2.76. The summed E-state index contributed by atoms with van der Waals surface area (Å²) in [6.45, 7) is 2.19. The number of imidazole rings is 1. The Bertz CT molecular complexity index is 546. The molecule has 0 bridgehead atoms. The van der Waals surface area contributed by atoms with Crippen LogP contribution in [-0.2, 0) is 6.42 Å². The van der Waals surface area contributed by atoms with E-state index in [2.05, 4.69) is 16.9 Å². The number of aromatic carboxylic acids is 1. The van der Waals surface area contributed by atoms with Crippen molar-refractivity contribution in [3.8, 4) is 0 Å². The summed E-state index contributed by atoms with van der Waals surface area (Å²) in [4.78, 5) is 18.5. The van der Waals surface area contributed by atoms with Crippen molar-refractivity contribution in [2.75, 3.05) is 0 Å². The first-order valence-electron chi connectivity index (χ1n) is 6.42. The lowest BCUT2D eigenvalue weighted by atomic mass is 10.1. The standard InChI is InChI=1S/C14H18N2O2/c1-2-3-4-5-6-13-15-11-8-7-10(14(17)18)9-12(11)16-13/h7-9H,2-6H2,1H3,(H,15,16)(H,17,18). The number of hydrogen-bond acceptors (Lipinski definition) is 2. The maximum absolute atomic E-state index is 10.9. The summed E-state index contributed by atoms with van der Waals surface area (Å²) in [5, 5.41) is 8.92. The largest absolute Gasteiger partial charge is 0.478 e. The summed E-state index contributed by atoms with van der Waals surface area (Å²) < 4.78 is 0. The van der Waals surface area contributed by atoms with E-state index in [0.717, 1.165) is 29.7 Å². The van der Waals surface area contributed by atoms with Gasteiger partial charge in [0, 0.05) is 6.42 Å². The third-order valence-corrected chi connectivity index (χ3v) is 3.05. The molecule has 0 aliphatic heterocycles. The number of carboxylic acid groups (broad SMARTS) is 1. The number of nitrogens with zero attached hydrogens (tertiary/aromatic N) is 1. The van der Waals surface area contributed by atoms with Gasteiger partial charge in [-0.1, -0.05) is 26.2 Å². The molecule has 0 unspecified atom stereocenters. The SMILES string of the molecule is CCCCCCc1nc2ccc(C(=O)O)cc2[nH]1. The Hall–Kier alpha value is -1.84. The number of aryl methyl sites for hydroxylation is 1. The summed E-state index contributed by atoms with van der Waals surface area (Å²) in [6, 6.07) is 4.98. The molecule has 1 heterocycles. The van der Waals surface area contributed by atoms with E-state index in [0.29, 0.717) is 5.56 Å². The van der Waals surface area contributed by atoms with Crippen LogP contribution in [-0.4, -0.2) is 21.0 Å². The molecule has 0 spiro atoms. The quantitative estimate of drug-likeness (QED) is 0.768. The third-order valence-electron chi connectivity index (χ3n) is 3.05. The van der Waals surface area contributed by atoms with Gasteiger partial charge in [0.2, 0.25) is 0 Å². The summed E-state index contributed by atoms with van der Waals surface area (Å²) in [7, 11) is 0. The van der Waals surface area contributed by atoms with Crippen LogP contribution >= 0.6 is 0 Å². The molecule has 0 radical (unpaired) electrons. The van der Waals surface area contributed by atoms with E-state index in [1.54, 1.807) is 18.2 Å². The number of H-pyrrole nitrogens is 1. The summed E-state index contributed by atoms with van der Waals surface area (Å²) in [6.07, 6.45) is 5.75. The van der Waals surface area contributed by atoms with Gasteiger partial charge in [0.05, 0.1) is 16.6 Å². The monoisotopic (exact) mass is 246 g/mol. The Labute approximate surface area is 106 Å². The molecule has 18 heavy (non-hydrogen) atoms. The molecule has 0 saturated carbocycles. The normalized spacial score (nSPS) is 10.9. The predicted molar refractivity (Wildman–Crippen MR) is 70.9 cm³/mol. The summed E-state index contributed by atoms with van der Waals surface area (Å²) in [5.74, 6) is 0.0413. The van der Waals surface area contributed by atoms with Gasteiger partial charge >= 0.3 is 5.97 Å². The molecule has 0 atom stereocenters. The van der Waals surface area contributed by atoms with Crippen molar-refractivity contribution in [2.45, 2.75) is 39.0 Å². The predicted octanol–water partition coefficient (Wildman–Crippen LogP) is 3.38.